The third kappa shape index (κ3) is 4.98. The lowest BCUT2D eigenvalue weighted by Gasteiger charge is -2.07. The van der Waals surface area contributed by atoms with Crippen LogP contribution in [0.1, 0.15) is 10.6 Å². The van der Waals surface area contributed by atoms with E-state index < -0.39 is 0 Å². The van der Waals surface area contributed by atoms with Crippen molar-refractivity contribution in [2.75, 3.05) is 18.4 Å². The number of carbonyl (C=O) groups excluding carboxylic acids is 1. The molecule has 3 rings (SSSR count). The fourth-order valence-corrected chi connectivity index (χ4v) is 2.71. The number of thiophene rings is 1. The summed E-state index contributed by atoms with van der Waals surface area (Å²) < 4.78 is 1.69. The van der Waals surface area contributed by atoms with Gasteiger partial charge in [-0.2, -0.15) is 5.10 Å². The Bertz CT molecular complexity index is 856. The number of aromatic nitrogens is 4. The summed E-state index contributed by atoms with van der Waals surface area (Å²) in [7, 11) is 0. The molecule has 0 unspecified atom stereocenters. The van der Waals surface area contributed by atoms with Crippen LogP contribution >= 0.6 is 11.3 Å². The molecule has 3 aromatic rings. The van der Waals surface area contributed by atoms with E-state index in [0.29, 0.717) is 24.7 Å². The van der Waals surface area contributed by atoms with Gasteiger partial charge in [0.25, 0.3) is 0 Å². The standard InChI is InChI=1S/C17H18N6OS/c1-13-6-9-23(22-13)16-11-15(20-12-21-16)18-7-8-19-17(24)5-4-14-3-2-10-25-14/h2-6,9-12H,7-8H2,1H3,(H,19,24)(H,18,20,21)/b5-4+. The van der Waals surface area contributed by atoms with Gasteiger partial charge in [-0.15, -0.1) is 11.3 Å². The molecule has 8 heteroatoms. The maximum absolute atomic E-state index is 11.7. The van der Waals surface area contributed by atoms with E-state index in [2.05, 4.69) is 25.7 Å². The molecule has 0 radical (unpaired) electrons. The normalized spacial score (nSPS) is 10.9. The Balaban J connectivity index is 1.45. The number of carbonyl (C=O) groups is 1. The van der Waals surface area contributed by atoms with E-state index in [9.17, 15) is 4.79 Å². The van der Waals surface area contributed by atoms with E-state index in [1.807, 2.05) is 42.8 Å². The first-order valence-electron chi connectivity index (χ1n) is 7.79. The van der Waals surface area contributed by atoms with Crippen molar-refractivity contribution in [3.05, 3.63) is 58.8 Å². The van der Waals surface area contributed by atoms with E-state index >= 15 is 0 Å². The summed E-state index contributed by atoms with van der Waals surface area (Å²) in [6, 6.07) is 7.63. The molecule has 0 aliphatic rings. The van der Waals surface area contributed by atoms with Crippen LogP contribution in [0, 0.1) is 6.92 Å². The molecule has 25 heavy (non-hydrogen) atoms. The Morgan fingerprint density at radius 1 is 1.32 bits per heavy atom. The molecule has 7 nitrogen and oxygen atoms in total. The Kier molecular flexibility index (Phi) is 5.53. The van der Waals surface area contributed by atoms with Crippen LogP contribution in [0.5, 0.6) is 0 Å². The molecule has 128 valence electrons. The molecule has 0 saturated carbocycles. The molecule has 3 heterocycles. The van der Waals surface area contributed by atoms with E-state index in [1.165, 1.54) is 12.4 Å². The summed E-state index contributed by atoms with van der Waals surface area (Å²) in [6.45, 7) is 2.98. The van der Waals surface area contributed by atoms with Gasteiger partial charge in [-0.1, -0.05) is 6.07 Å². The molecule has 1 amide bonds. The quantitative estimate of drug-likeness (QED) is 0.502. The van der Waals surface area contributed by atoms with Crippen LogP contribution in [-0.2, 0) is 4.79 Å². The Morgan fingerprint density at radius 2 is 2.24 bits per heavy atom. The smallest absolute Gasteiger partial charge is 0.244 e. The second-order valence-electron chi connectivity index (χ2n) is 5.23. The third-order valence-electron chi connectivity index (χ3n) is 3.28. The average Bonchev–Trinajstić information content (AvgIpc) is 3.29. The lowest BCUT2D eigenvalue weighted by Crippen LogP contribution is -2.27. The molecule has 2 N–H and O–H groups in total. The predicted molar refractivity (Wildman–Crippen MR) is 98.7 cm³/mol. The Labute approximate surface area is 149 Å². The summed E-state index contributed by atoms with van der Waals surface area (Å²) in [5, 5.41) is 12.3. The van der Waals surface area contributed by atoms with Crippen molar-refractivity contribution >= 4 is 29.1 Å². The molecule has 0 aromatic carbocycles. The minimum atomic E-state index is -0.120. The lowest BCUT2D eigenvalue weighted by atomic mass is 10.4. The fourth-order valence-electron chi connectivity index (χ4n) is 2.09. The topological polar surface area (TPSA) is 84.7 Å². The highest BCUT2D eigenvalue weighted by atomic mass is 32.1. The molecule has 0 fully saturated rings. The zero-order valence-electron chi connectivity index (χ0n) is 13.7. The first kappa shape index (κ1) is 16.8. The van der Waals surface area contributed by atoms with Gasteiger partial charge < -0.3 is 10.6 Å². The van der Waals surface area contributed by atoms with Crippen LogP contribution < -0.4 is 10.6 Å². The first-order valence-corrected chi connectivity index (χ1v) is 8.67. The maximum atomic E-state index is 11.7. The lowest BCUT2D eigenvalue weighted by molar-refractivity contribution is -0.116. The number of aryl methyl sites for hydroxylation is 1. The van der Waals surface area contributed by atoms with Crippen LogP contribution in [0.4, 0.5) is 5.82 Å². The zero-order valence-corrected chi connectivity index (χ0v) is 14.5. The summed E-state index contributed by atoms with van der Waals surface area (Å²) in [4.78, 5) is 21.2. The van der Waals surface area contributed by atoms with E-state index in [-0.39, 0.29) is 5.91 Å². The van der Waals surface area contributed by atoms with Crippen molar-refractivity contribution in [2.24, 2.45) is 0 Å². The van der Waals surface area contributed by atoms with Crippen molar-refractivity contribution < 1.29 is 4.79 Å². The van der Waals surface area contributed by atoms with Crippen molar-refractivity contribution in [2.45, 2.75) is 6.92 Å². The molecule has 0 spiro atoms. The van der Waals surface area contributed by atoms with Gasteiger partial charge in [0.1, 0.15) is 12.1 Å². The number of nitrogens with one attached hydrogen (secondary N) is 2. The number of rotatable bonds is 7. The highest BCUT2D eigenvalue weighted by Gasteiger charge is 2.02. The van der Waals surface area contributed by atoms with Gasteiger partial charge in [-0.25, -0.2) is 14.6 Å². The number of amides is 1. The minimum Gasteiger partial charge on any atom is -0.368 e. The molecular formula is C17H18N6OS. The number of nitrogens with zero attached hydrogens (tertiary/aromatic N) is 4. The zero-order chi connectivity index (χ0) is 17.5. The molecule has 0 bridgehead atoms. The minimum absolute atomic E-state index is 0.120. The van der Waals surface area contributed by atoms with Gasteiger partial charge in [0.05, 0.1) is 5.69 Å². The van der Waals surface area contributed by atoms with Gasteiger partial charge in [0, 0.05) is 36.3 Å². The van der Waals surface area contributed by atoms with Crippen molar-refractivity contribution in [1.29, 1.82) is 0 Å². The highest BCUT2D eigenvalue weighted by molar-refractivity contribution is 7.10. The number of hydrogen-bond acceptors (Lipinski definition) is 6. The van der Waals surface area contributed by atoms with Gasteiger partial charge in [0.2, 0.25) is 5.91 Å². The number of anilines is 1. The summed E-state index contributed by atoms with van der Waals surface area (Å²) in [6.07, 6.45) is 6.67. The van der Waals surface area contributed by atoms with E-state index in [1.54, 1.807) is 22.1 Å². The maximum Gasteiger partial charge on any atom is 0.244 e. The second kappa shape index (κ2) is 8.20. The van der Waals surface area contributed by atoms with Gasteiger partial charge in [-0.3, -0.25) is 4.79 Å². The van der Waals surface area contributed by atoms with Crippen LogP contribution in [0.3, 0.4) is 0 Å². The highest BCUT2D eigenvalue weighted by Crippen LogP contribution is 2.10. The van der Waals surface area contributed by atoms with Crippen LogP contribution in [0.25, 0.3) is 11.9 Å². The molecule has 3 aromatic heterocycles. The van der Waals surface area contributed by atoms with Crippen LogP contribution in [-0.4, -0.2) is 38.7 Å². The first-order chi connectivity index (χ1) is 12.2. The SMILES string of the molecule is Cc1ccn(-c2cc(NCCNC(=O)/C=C/c3cccs3)ncn2)n1. The molecular weight excluding hydrogens is 336 g/mol. The monoisotopic (exact) mass is 354 g/mol. The number of hydrogen-bond donors (Lipinski definition) is 2. The molecule has 0 atom stereocenters. The molecule has 0 saturated heterocycles. The third-order valence-corrected chi connectivity index (χ3v) is 4.12. The Morgan fingerprint density at radius 3 is 3.00 bits per heavy atom. The summed E-state index contributed by atoms with van der Waals surface area (Å²) in [5.74, 6) is 1.25. The van der Waals surface area contributed by atoms with Crippen molar-refractivity contribution in [3.8, 4) is 5.82 Å². The largest absolute Gasteiger partial charge is 0.368 e. The predicted octanol–water partition coefficient (Wildman–Crippen LogP) is 2.27. The van der Waals surface area contributed by atoms with Crippen molar-refractivity contribution in [3.63, 3.8) is 0 Å². The van der Waals surface area contributed by atoms with Gasteiger partial charge in [-0.05, 0) is 30.5 Å². The summed E-state index contributed by atoms with van der Waals surface area (Å²) >= 11 is 1.59. The molecule has 0 aliphatic carbocycles. The van der Waals surface area contributed by atoms with Crippen LogP contribution in [0.15, 0.2) is 48.2 Å². The van der Waals surface area contributed by atoms with Gasteiger partial charge in [0.15, 0.2) is 5.82 Å². The van der Waals surface area contributed by atoms with E-state index in [4.69, 9.17) is 0 Å². The van der Waals surface area contributed by atoms with Crippen molar-refractivity contribution in [1.82, 2.24) is 25.1 Å². The Hall–Kier alpha value is -3.00. The van der Waals surface area contributed by atoms with Crippen LogP contribution in [0.2, 0.25) is 0 Å². The molecule has 0 aliphatic heterocycles. The average molecular weight is 354 g/mol. The second-order valence-corrected chi connectivity index (χ2v) is 6.21. The van der Waals surface area contributed by atoms with E-state index in [0.717, 1.165) is 10.6 Å². The fraction of sp³-hybridized carbons (Fsp3) is 0.176. The summed E-state index contributed by atoms with van der Waals surface area (Å²) in [5.41, 5.74) is 0.923. The van der Waals surface area contributed by atoms with Gasteiger partial charge >= 0.3 is 0 Å².